The maximum absolute atomic E-state index is 12.5. The number of hydrogen-bond donors (Lipinski definition) is 0. The van der Waals surface area contributed by atoms with Crippen molar-refractivity contribution < 1.29 is 21.6 Å². The number of hydrogen-bond acceptors (Lipinski definition) is 3. The summed E-state index contributed by atoms with van der Waals surface area (Å²) in [5.41, 5.74) is -1.11. The lowest BCUT2D eigenvalue weighted by Gasteiger charge is -2.24. The maximum Gasteiger partial charge on any atom is 0.433 e. The number of rotatable bonds is 4. The van der Waals surface area contributed by atoms with Crippen molar-refractivity contribution in [3.8, 4) is 0 Å². The smallest absolute Gasteiger partial charge is 0.250 e. The third-order valence-corrected chi connectivity index (χ3v) is 5.43. The second kappa shape index (κ2) is 6.37. The molecule has 1 aromatic rings. The molecule has 0 aliphatic heterocycles. The molecule has 0 saturated carbocycles. The summed E-state index contributed by atoms with van der Waals surface area (Å²) in [7, 11) is -2.39. The van der Waals surface area contributed by atoms with Crippen LogP contribution in [0.4, 0.5) is 13.2 Å². The Hall–Kier alpha value is -1.41. The lowest BCUT2D eigenvalue weighted by molar-refractivity contribution is -0.141. The van der Waals surface area contributed by atoms with E-state index in [1.165, 1.54) is 11.4 Å². The van der Waals surface area contributed by atoms with E-state index < -0.39 is 21.9 Å². The van der Waals surface area contributed by atoms with Gasteiger partial charge in [-0.1, -0.05) is 12.2 Å². The van der Waals surface area contributed by atoms with Gasteiger partial charge in [-0.2, -0.15) is 13.2 Å². The van der Waals surface area contributed by atoms with Crippen molar-refractivity contribution in [2.45, 2.75) is 30.3 Å². The zero-order valence-electron chi connectivity index (χ0n) is 12.0. The van der Waals surface area contributed by atoms with E-state index in [-0.39, 0.29) is 10.8 Å². The predicted octanol–water partition coefficient (Wildman–Crippen LogP) is 3.08. The van der Waals surface area contributed by atoms with Crippen LogP contribution in [0.3, 0.4) is 0 Å². The van der Waals surface area contributed by atoms with Crippen LogP contribution in [0.5, 0.6) is 0 Å². The molecule has 4 nitrogen and oxygen atoms in total. The number of pyridine rings is 1. The number of halogens is 3. The van der Waals surface area contributed by atoms with Crippen molar-refractivity contribution in [3.05, 3.63) is 36.2 Å². The van der Waals surface area contributed by atoms with Gasteiger partial charge in [0.05, 0.1) is 0 Å². The van der Waals surface area contributed by atoms with E-state index in [0.29, 0.717) is 12.6 Å². The van der Waals surface area contributed by atoms with Gasteiger partial charge in [-0.3, -0.25) is 4.98 Å². The van der Waals surface area contributed by atoms with Crippen LogP contribution in [0.25, 0.3) is 0 Å². The second-order valence-corrected chi connectivity index (χ2v) is 7.36. The zero-order valence-corrected chi connectivity index (χ0v) is 12.9. The van der Waals surface area contributed by atoms with Crippen LogP contribution >= 0.6 is 0 Å². The molecule has 0 spiro atoms. The zero-order chi connectivity index (χ0) is 16.4. The first kappa shape index (κ1) is 17.0. The molecule has 0 aromatic carbocycles. The molecular formula is C14H17F3N2O2S. The number of allylic oxidation sites excluding steroid dienone is 2. The lowest BCUT2D eigenvalue weighted by Crippen LogP contribution is -2.32. The summed E-state index contributed by atoms with van der Waals surface area (Å²) < 4.78 is 63.3. The van der Waals surface area contributed by atoms with Gasteiger partial charge in [-0.15, -0.1) is 0 Å². The van der Waals surface area contributed by atoms with Crippen molar-refractivity contribution in [1.29, 1.82) is 0 Å². The van der Waals surface area contributed by atoms with E-state index in [0.717, 1.165) is 31.5 Å². The molecule has 0 N–H and O–H groups in total. The Morgan fingerprint density at radius 3 is 2.55 bits per heavy atom. The maximum atomic E-state index is 12.5. The second-order valence-electron chi connectivity index (χ2n) is 5.31. The molecule has 1 aromatic heterocycles. The third kappa shape index (κ3) is 3.86. The van der Waals surface area contributed by atoms with Crippen LogP contribution < -0.4 is 0 Å². The Balaban J connectivity index is 2.13. The Kier molecular flexibility index (Phi) is 4.91. The molecule has 0 saturated heterocycles. The van der Waals surface area contributed by atoms with Crippen molar-refractivity contribution >= 4 is 10.0 Å². The van der Waals surface area contributed by atoms with Gasteiger partial charge in [-0.25, -0.2) is 12.7 Å². The van der Waals surface area contributed by atoms with E-state index in [1.54, 1.807) is 0 Å². The van der Waals surface area contributed by atoms with Gasteiger partial charge in [-0.05, 0) is 37.3 Å². The van der Waals surface area contributed by atoms with Crippen molar-refractivity contribution in [2.75, 3.05) is 13.6 Å². The molecule has 0 radical (unpaired) electrons. The van der Waals surface area contributed by atoms with Crippen LogP contribution in [-0.4, -0.2) is 31.3 Å². The molecule has 1 aliphatic rings. The highest BCUT2D eigenvalue weighted by Crippen LogP contribution is 2.28. The monoisotopic (exact) mass is 334 g/mol. The molecular weight excluding hydrogens is 317 g/mol. The molecule has 0 fully saturated rings. The summed E-state index contributed by atoms with van der Waals surface area (Å²) in [6.45, 7) is 0.341. The van der Waals surface area contributed by atoms with Gasteiger partial charge in [0.2, 0.25) is 10.0 Å². The topological polar surface area (TPSA) is 50.3 Å². The molecule has 22 heavy (non-hydrogen) atoms. The van der Waals surface area contributed by atoms with Gasteiger partial charge in [0.15, 0.2) is 0 Å². The Labute approximate surface area is 127 Å². The van der Waals surface area contributed by atoms with E-state index >= 15 is 0 Å². The highest BCUT2D eigenvalue weighted by Gasteiger charge is 2.33. The highest BCUT2D eigenvalue weighted by molar-refractivity contribution is 7.89. The van der Waals surface area contributed by atoms with Crippen LogP contribution in [0, 0.1) is 5.92 Å². The van der Waals surface area contributed by atoms with Crippen LogP contribution in [-0.2, 0) is 16.2 Å². The average molecular weight is 334 g/mol. The fourth-order valence-electron chi connectivity index (χ4n) is 2.36. The van der Waals surface area contributed by atoms with Crippen molar-refractivity contribution in [2.24, 2.45) is 5.92 Å². The van der Waals surface area contributed by atoms with Crippen molar-refractivity contribution in [1.82, 2.24) is 9.29 Å². The number of aromatic nitrogens is 1. The normalized spacial score (nSPS) is 19.6. The first-order valence-electron chi connectivity index (χ1n) is 6.86. The van der Waals surface area contributed by atoms with Gasteiger partial charge >= 0.3 is 6.18 Å². The van der Waals surface area contributed by atoms with Crippen LogP contribution in [0.1, 0.15) is 25.0 Å². The molecule has 0 bridgehead atoms. The minimum atomic E-state index is -4.58. The fourth-order valence-corrected chi connectivity index (χ4v) is 3.56. The van der Waals surface area contributed by atoms with Gasteiger partial charge in [0.25, 0.3) is 0 Å². The minimum absolute atomic E-state index is 0.227. The number of alkyl halides is 3. The summed E-state index contributed by atoms with van der Waals surface area (Å²) in [6, 6.07) is 1.63. The van der Waals surface area contributed by atoms with Crippen LogP contribution in [0.2, 0.25) is 0 Å². The van der Waals surface area contributed by atoms with E-state index in [4.69, 9.17) is 0 Å². The standard InChI is InChI=1S/C14H17F3N2O2S/c1-19(10-11-5-3-2-4-6-11)22(20,21)12-7-8-13(18-9-12)14(15,16)17/h2-3,7-9,11H,4-6,10H2,1H3. The van der Waals surface area contributed by atoms with Crippen LogP contribution in [0.15, 0.2) is 35.4 Å². The molecule has 2 rings (SSSR count). The highest BCUT2D eigenvalue weighted by atomic mass is 32.2. The molecule has 1 atom stereocenters. The van der Waals surface area contributed by atoms with Gasteiger partial charge in [0, 0.05) is 19.8 Å². The largest absolute Gasteiger partial charge is 0.433 e. The van der Waals surface area contributed by atoms with Gasteiger partial charge < -0.3 is 0 Å². The third-order valence-electron chi connectivity index (χ3n) is 3.63. The van der Waals surface area contributed by atoms with Gasteiger partial charge in [0.1, 0.15) is 10.6 Å². The Morgan fingerprint density at radius 2 is 2.05 bits per heavy atom. The summed E-state index contributed by atoms with van der Waals surface area (Å²) in [5, 5.41) is 0. The Morgan fingerprint density at radius 1 is 1.32 bits per heavy atom. The number of sulfonamides is 1. The first-order chi connectivity index (χ1) is 10.2. The molecule has 1 heterocycles. The van der Waals surface area contributed by atoms with Crippen molar-refractivity contribution in [3.63, 3.8) is 0 Å². The fraction of sp³-hybridized carbons (Fsp3) is 0.500. The van der Waals surface area contributed by atoms with E-state index in [1.807, 2.05) is 6.08 Å². The Bertz CT molecular complexity index is 639. The SMILES string of the molecule is CN(CC1CC=CCC1)S(=O)(=O)c1ccc(C(F)(F)F)nc1. The average Bonchev–Trinajstić information content (AvgIpc) is 2.47. The molecule has 1 unspecified atom stereocenters. The molecule has 8 heteroatoms. The predicted molar refractivity (Wildman–Crippen MR) is 75.5 cm³/mol. The summed E-state index contributed by atoms with van der Waals surface area (Å²) in [5.74, 6) is 0.229. The molecule has 122 valence electrons. The molecule has 0 amide bonds. The summed E-state index contributed by atoms with van der Waals surface area (Å²) in [6.07, 6.45) is 2.89. The summed E-state index contributed by atoms with van der Waals surface area (Å²) >= 11 is 0. The molecule has 1 aliphatic carbocycles. The van der Waals surface area contributed by atoms with E-state index in [9.17, 15) is 21.6 Å². The lowest BCUT2D eigenvalue weighted by atomic mass is 9.95. The number of nitrogens with zero attached hydrogens (tertiary/aromatic N) is 2. The first-order valence-corrected chi connectivity index (χ1v) is 8.30. The quantitative estimate of drug-likeness (QED) is 0.795. The minimum Gasteiger partial charge on any atom is -0.250 e. The van der Waals surface area contributed by atoms with E-state index in [2.05, 4.69) is 11.1 Å². The summed E-state index contributed by atoms with van der Waals surface area (Å²) in [4.78, 5) is 2.98.